The topological polar surface area (TPSA) is 68.1 Å². The van der Waals surface area contributed by atoms with Crippen molar-refractivity contribution >= 4 is 11.5 Å². The van der Waals surface area contributed by atoms with Gasteiger partial charge in [0.25, 0.3) is 5.69 Å². The minimum atomic E-state index is -0.769. The number of nitrogens with zero attached hydrogens (tertiary/aromatic N) is 2. The van der Waals surface area contributed by atoms with Crippen molar-refractivity contribution in [2.45, 2.75) is 0 Å². The van der Waals surface area contributed by atoms with Crippen molar-refractivity contribution in [3.05, 3.63) is 52.1 Å². The molecule has 0 amide bonds. The molecule has 2 rings (SSSR count). The van der Waals surface area contributed by atoms with Gasteiger partial charge in [-0.3, -0.25) is 10.1 Å². The Bertz CT molecular complexity index is 627. The van der Waals surface area contributed by atoms with Gasteiger partial charge in [0.2, 0.25) is 0 Å². The molecule has 0 atom stereocenters. The first-order valence-electron chi connectivity index (χ1n) is 5.30. The lowest BCUT2D eigenvalue weighted by atomic mass is 10.1. The van der Waals surface area contributed by atoms with Crippen LogP contribution in [0, 0.1) is 21.7 Å². The number of hydrogen-bond acceptors (Lipinski definition) is 4. The fraction of sp³-hybridized carbons (Fsp3) is 0.0833. The van der Waals surface area contributed by atoms with Crippen LogP contribution in [-0.4, -0.2) is 17.0 Å². The molecule has 5 nitrogen and oxygen atoms in total. The van der Waals surface area contributed by atoms with Crippen LogP contribution in [0.4, 0.5) is 20.3 Å². The first-order chi connectivity index (χ1) is 8.99. The van der Waals surface area contributed by atoms with Crippen LogP contribution in [0.2, 0.25) is 0 Å². The Kier molecular flexibility index (Phi) is 3.37. The molecule has 0 aliphatic carbocycles. The quantitative estimate of drug-likeness (QED) is 0.684. The summed E-state index contributed by atoms with van der Waals surface area (Å²) in [4.78, 5) is 14.2. The molecular formula is C12H9F2N3O2. The highest BCUT2D eigenvalue weighted by molar-refractivity contribution is 5.65. The normalized spacial score (nSPS) is 10.3. The van der Waals surface area contributed by atoms with Gasteiger partial charge >= 0.3 is 0 Å². The third-order valence-electron chi connectivity index (χ3n) is 2.44. The molecule has 1 N–H and O–H groups in total. The molecule has 0 aliphatic rings. The molecule has 0 bridgehead atoms. The summed E-state index contributed by atoms with van der Waals surface area (Å²) in [6.07, 6.45) is 0. The highest BCUT2D eigenvalue weighted by Gasteiger charge is 2.13. The highest BCUT2D eigenvalue weighted by atomic mass is 19.1. The molecule has 7 heteroatoms. The van der Waals surface area contributed by atoms with Crippen molar-refractivity contribution in [1.29, 1.82) is 0 Å². The largest absolute Gasteiger partial charge is 0.373 e. The molecule has 1 aromatic carbocycles. The molecule has 0 aliphatic heterocycles. The summed E-state index contributed by atoms with van der Waals surface area (Å²) in [5, 5.41) is 13.4. The molecule has 98 valence electrons. The predicted molar refractivity (Wildman–Crippen MR) is 65.8 cm³/mol. The second-order valence-electron chi connectivity index (χ2n) is 3.76. The summed E-state index contributed by atoms with van der Waals surface area (Å²) in [5.41, 5.74) is 0.0497. The summed E-state index contributed by atoms with van der Waals surface area (Å²) in [7, 11) is 1.54. The average Bonchev–Trinajstić information content (AvgIpc) is 2.37. The molecule has 0 saturated carbocycles. The van der Waals surface area contributed by atoms with Crippen LogP contribution in [-0.2, 0) is 0 Å². The summed E-state index contributed by atoms with van der Waals surface area (Å²) in [5.74, 6) is -1.29. The van der Waals surface area contributed by atoms with Gasteiger partial charge in [0.15, 0.2) is 0 Å². The Morgan fingerprint density at radius 3 is 2.32 bits per heavy atom. The lowest BCUT2D eigenvalue weighted by Crippen LogP contribution is -1.98. The summed E-state index contributed by atoms with van der Waals surface area (Å²) < 4.78 is 26.3. The molecule has 0 fully saturated rings. The summed E-state index contributed by atoms with van der Waals surface area (Å²) in [6, 6.07) is 5.25. The Morgan fingerprint density at radius 2 is 1.79 bits per heavy atom. The summed E-state index contributed by atoms with van der Waals surface area (Å²) in [6.45, 7) is 0. The Hall–Kier alpha value is -2.57. The zero-order valence-corrected chi connectivity index (χ0v) is 9.85. The van der Waals surface area contributed by atoms with Crippen molar-refractivity contribution in [1.82, 2.24) is 4.98 Å². The zero-order valence-electron chi connectivity index (χ0n) is 9.85. The first-order valence-corrected chi connectivity index (χ1v) is 5.30. The minimum absolute atomic E-state index is 0.122. The van der Waals surface area contributed by atoms with Crippen LogP contribution in [0.5, 0.6) is 0 Å². The van der Waals surface area contributed by atoms with Gasteiger partial charge < -0.3 is 5.32 Å². The number of aromatic nitrogens is 1. The number of nitrogens with one attached hydrogen (secondary N) is 1. The summed E-state index contributed by atoms with van der Waals surface area (Å²) >= 11 is 0. The van der Waals surface area contributed by atoms with Gasteiger partial charge in [-0.15, -0.1) is 0 Å². The maximum atomic E-state index is 13.1. The van der Waals surface area contributed by atoms with E-state index in [4.69, 9.17) is 0 Å². The number of benzene rings is 1. The SMILES string of the molecule is CNc1cc([N+](=O)[O-])cc(-c2cc(F)cc(F)c2)n1. The number of pyridine rings is 1. The average molecular weight is 265 g/mol. The van der Waals surface area contributed by atoms with Gasteiger partial charge in [0.1, 0.15) is 17.5 Å². The lowest BCUT2D eigenvalue weighted by molar-refractivity contribution is -0.384. The molecule has 1 heterocycles. The molecule has 0 radical (unpaired) electrons. The van der Waals surface area contributed by atoms with Crippen LogP contribution >= 0.6 is 0 Å². The van der Waals surface area contributed by atoms with Crippen molar-refractivity contribution in [2.75, 3.05) is 12.4 Å². The molecule has 1 aromatic heterocycles. The molecular weight excluding hydrogens is 256 g/mol. The van der Waals surface area contributed by atoms with Crippen molar-refractivity contribution in [3.63, 3.8) is 0 Å². The Morgan fingerprint density at radius 1 is 1.16 bits per heavy atom. The highest BCUT2D eigenvalue weighted by Crippen LogP contribution is 2.26. The zero-order chi connectivity index (χ0) is 14.0. The maximum Gasteiger partial charge on any atom is 0.275 e. The van der Waals surface area contributed by atoms with Crippen LogP contribution in [0.3, 0.4) is 0 Å². The van der Waals surface area contributed by atoms with Gasteiger partial charge in [-0.25, -0.2) is 13.8 Å². The number of halogens is 2. The van der Waals surface area contributed by atoms with Crippen LogP contribution < -0.4 is 5.32 Å². The van der Waals surface area contributed by atoms with E-state index in [9.17, 15) is 18.9 Å². The van der Waals surface area contributed by atoms with Gasteiger partial charge in [-0.2, -0.15) is 0 Å². The Labute approximate surface area is 107 Å². The van der Waals surface area contributed by atoms with Crippen LogP contribution in [0.25, 0.3) is 11.3 Å². The number of anilines is 1. The van der Waals surface area contributed by atoms with E-state index in [1.165, 1.54) is 6.07 Å². The van der Waals surface area contributed by atoms with Crippen molar-refractivity contribution in [3.8, 4) is 11.3 Å². The number of rotatable bonds is 3. The first kappa shape index (κ1) is 12.9. The maximum absolute atomic E-state index is 13.1. The third-order valence-corrected chi connectivity index (χ3v) is 2.44. The molecule has 0 saturated heterocycles. The van der Waals surface area contributed by atoms with Gasteiger partial charge in [-0.05, 0) is 12.1 Å². The standard InChI is InChI=1S/C12H9F2N3O2/c1-15-12-6-10(17(18)19)5-11(16-12)7-2-8(13)4-9(14)3-7/h2-6H,1H3,(H,15,16). The van der Waals surface area contributed by atoms with Crippen molar-refractivity contribution < 1.29 is 13.7 Å². The van der Waals surface area contributed by atoms with Crippen LogP contribution in [0.1, 0.15) is 0 Å². The van der Waals surface area contributed by atoms with Gasteiger partial charge in [0, 0.05) is 24.7 Å². The van der Waals surface area contributed by atoms with E-state index >= 15 is 0 Å². The van der Waals surface area contributed by atoms with Gasteiger partial charge in [-0.1, -0.05) is 0 Å². The second kappa shape index (κ2) is 4.97. The monoisotopic (exact) mass is 265 g/mol. The second-order valence-corrected chi connectivity index (χ2v) is 3.76. The fourth-order valence-electron chi connectivity index (χ4n) is 1.60. The minimum Gasteiger partial charge on any atom is -0.373 e. The van der Waals surface area contributed by atoms with E-state index in [0.717, 1.165) is 24.3 Å². The third kappa shape index (κ3) is 2.82. The molecule has 0 spiro atoms. The fourth-order valence-corrected chi connectivity index (χ4v) is 1.60. The van der Waals surface area contributed by atoms with E-state index in [2.05, 4.69) is 10.3 Å². The van der Waals surface area contributed by atoms with E-state index < -0.39 is 16.6 Å². The molecule has 2 aromatic rings. The predicted octanol–water partition coefficient (Wildman–Crippen LogP) is 2.98. The lowest BCUT2D eigenvalue weighted by Gasteiger charge is -2.05. The molecule has 19 heavy (non-hydrogen) atoms. The molecule has 0 unspecified atom stereocenters. The van der Waals surface area contributed by atoms with Gasteiger partial charge in [0.05, 0.1) is 16.7 Å². The smallest absolute Gasteiger partial charge is 0.275 e. The van der Waals surface area contributed by atoms with E-state index in [1.807, 2.05) is 0 Å². The van der Waals surface area contributed by atoms with Crippen LogP contribution in [0.15, 0.2) is 30.3 Å². The number of nitro groups is 1. The van der Waals surface area contributed by atoms with E-state index in [-0.39, 0.29) is 22.8 Å². The van der Waals surface area contributed by atoms with Crippen molar-refractivity contribution in [2.24, 2.45) is 0 Å². The van der Waals surface area contributed by atoms with E-state index in [1.54, 1.807) is 7.05 Å². The number of hydrogen-bond donors (Lipinski definition) is 1. The van der Waals surface area contributed by atoms with E-state index in [0.29, 0.717) is 0 Å². The Balaban J connectivity index is 2.60.